The van der Waals surface area contributed by atoms with Gasteiger partial charge in [0.05, 0.1) is 24.6 Å². The zero-order valence-corrected chi connectivity index (χ0v) is 17.5. The molecule has 6 heteroatoms. The van der Waals surface area contributed by atoms with E-state index in [9.17, 15) is 9.18 Å². The number of benzene rings is 2. The molecule has 1 aliphatic rings. The van der Waals surface area contributed by atoms with Crippen LogP contribution in [-0.4, -0.2) is 24.6 Å². The first-order chi connectivity index (χ1) is 14.6. The molecule has 0 radical (unpaired) electrons. The quantitative estimate of drug-likeness (QED) is 0.517. The number of aryl methyl sites for hydroxylation is 1. The highest BCUT2D eigenvalue weighted by molar-refractivity contribution is 7.99. The number of halogens is 1. The Labute approximate surface area is 179 Å². The molecule has 30 heavy (non-hydrogen) atoms. The van der Waals surface area contributed by atoms with Crippen molar-refractivity contribution >= 4 is 23.4 Å². The van der Waals surface area contributed by atoms with Crippen LogP contribution < -0.4 is 5.32 Å². The summed E-state index contributed by atoms with van der Waals surface area (Å²) in [5.41, 5.74) is 3.86. The minimum absolute atomic E-state index is 0.217. The number of ether oxygens (including phenoxy) is 1. The topological polar surface area (TPSA) is 51.2 Å². The summed E-state index contributed by atoms with van der Waals surface area (Å²) in [6, 6.07) is 14.9. The summed E-state index contributed by atoms with van der Waals surface area (Å²) in [6.45, 7) is 0.721. The SMILES string of the molecule is COC(=O)c1ccncc1NC[C@@H]1CCCc2cc(Sc3cccc(F)c3)ccc21. The lowest BCUT2D eigenvalue weighted by Gasteiger charge is -2.27. The Morgan fingerprint density at radius 1 is 1.23 bits per heavy atom. The van der Waals surface area contributed by atoms with Crippen molar-refractivity contribution in [3.63, 3.8) is 0 Å². The van der Waals surface area contributed by atoms with E-state index >= 15 is 0 Å². The molecule has 154 valence electrons. The number of rotatable bonds is 6. The fourth-order valence-electron chi connectivity index (χ4n) is 3.89. The summed E-state index contributed by atoms with van der Waals surface area (Å²) in [7, 11) is 1.38. The zero-order chi connectivity index (χ0) is 20.9. The molecule has 0 bridgehead atoms. The number of fused-ring (bicyclic) bond motifs is 1. The third-order valence-electron chi connectivity index (χ3n) is 5.35. The van der Waals surface area contributed by atoms with E-state index < -0.39 is 0 Å². The standard InChI is InChI=1S/C24H23FN2O2S/c1-29-24(28)22-10-11-26-15-23(22)27-14-17-5-2-4-16-12-20(8-9-21(16)17)30-19-7-3-6-18(25)13-19/h3,6-13,15,17,27H,2,4-5,14H2,1H3/t17-/m0/s1. The molecule has 1 N–H and O–H groups in total. The number of hydrogen-bond donors (Lipinski definition) is 1. The van der Waals surface area contributed by atoms with Gasteiger partial charge in [-0.1, -0.05) is 23.9 Å². The number of nitrogens with zero attached hydrogens (tertiary/aromatic N) is 1. The fourth-order valence-corrected chi connectivity index (χ4v) is 4.82. The predicted molar refractivity (Wildman–Crippen MR) is 117 cm³/mol. The maximum absolute atomic E-state index is 13.5. The summed E-state index contributed by atoms with van der Waals surface area (Å²) in [6.07, 6.45) is 6.50. The average molecular weight is 423 g/mol. The third-order valence-corrected chi connectivity index (χ3v) is 6.33. The van der Waals surface area contributed by atoms with Crippen LogP contribution in [0, 0.1) is 5.82 Å². The van der Waals surface area contributed by atoms with E-state index in [2.05, 4.69) is 28.5 Å². The number of hydrogen-bond acceptors (Lipinski definition) is 5. The van der Waals surface area contributed by atoms with Gasteiger partial charge in [-0.05, 0) is 66.8 Å². The van der Waals surface area contributed by atoms with Crippen molar-refractivity contribution in [3.8, 4) is 0 Å². The minimum atomic E-state index is -0.372. The molecule has 2 aromatic carbocycles. The molecule has 1 atom stereocenters. The summed E-state index contributed by atoms with van der Waals surface area (Å²) in [5, 5.41) is 3.39. The number of pyridine rings is 1. The normalized spacial score (nSPS) is 15.3. The Kier molecular flexibility index (Phi) is 6.33. The van der Waals surface area contributed by atoms with E-state index in [-0.39, 0.29) is 11.8 Å². The van der Waals surface area contributed by atoms with Gasteiger partial charge < -0.3 is 10.1 Å². The van der Waals surface area contributed by atoms with Gasteiger partial charge in [-0.25, -0.2) is 9.18 Å². The molecular formula is C24H23FN2O2S. The number of methoxy groups -OCH3 is 1. The van der Waals surface area contributed by atoms with Crippen LogP contribution in [0.25, 0.3) is 0 Å². The van der Waals surface area contributed by atoms with Crippen LogP contribution in [-0.2, 0) is 11.2 Å². The van der Waals surface area contributed by atoms with Crippen molar-refractivity contribution in [2.75, 3.05) is 19.0 Å². The molecule has 0 unspecified atom stereocenters. The van der Waals surface area contributed by atoms with Crippen molar-refractivity contribution < 1.29 is 13.9 Å². The van der Waals surface area contributed by atoms with Gasteiger partial charge in [-0.15, -0.1) is 0 Å². The van der Waals surface area contributed by atoms with Crippen LogP contribution in [0.3, 0.4) is 0 Å². The van der Waals surface area contributed by atoms with E-state index in [1.54, 1.807) is 42.4 Å². The number of nitrogens with one attached hydrogen (secondary N) is 1. The average Bonchev–Trinajstić information content (AvgIpc) is 2.77. The molecule has 0 saturated carbocycles. The molecule has 1 heterocycles. The first-order valence-corrected chi connectivity index (χ1v) is 10.8. The number of aromatic nitrogens is 1. The Bertz CT molecular complexity index is 1060. The second kappa shape index (κ2) is 9.30. The molecule has 0 amide bonds. The molecule has 0 fully saturated rings. The molecule has 0 saturated heterocycles. The molecule has 4 rings (SSSR count). The van der Waals surface area contributed by atoms with Gasteiger partial charge in [0.15, 0.2) is 0 Å². The predicted octanol–water partition coefficient (Wildman–Crippen LogP) is 5.69. The third kappa shape index (κ3) is 4.65. The van der Waals surface area contributed by atoms with Gasteiger partial charge in [0.25, 0.3) is 0 Å². The highest BCUT2D eigenvalue weighted by Gasteiger charge is 2.21. The number of esters is 1. The van der Waals surface area contributed by atoms with E-state index in [0.29, 0.717) is 17.2 Å². The van der Waals surface area contributed by atoms with E-state index in [0.717, 1.165) is 35.6 Å². The highest BCUT2D eigenvalue weighted by atomic mass is 32.2. The van der Waals surface area contributed by atoms with Gasteiger partial charge in [-0.2, -0.15) is 0 Å². The lowest BCUT2D eigenvalue weighted by Crippen LogP contribution is -2.19. The Balaban J connectivity index is 1.49. The number of anilines is 1. The second-order valence-corrected chi connectivity index (χ2v) is 8.45. The Morgan fingerprint density at radius 2 is 2.10 bits per heavy atom. The van der Waals surface area contributed by atoms with Crippen LogP contribution in [0.2, 0.25) is 0 Å². The van der Waals surface area contributed by atoms with Crippen LogP contribution in [0.15, 0.2) is 70.7 Å². The van der Waals surface area contributed by atoms with Gasteiger partial charge in [0.1, 0.15) is 5.82 Å². The number of carbonyl (C=O) groups is 1. The molecule has 0 spiro atoms. The van der Waals surface area contributed by atoms with Crippen molar-refractivity contribution in [2.24, 2.45) is 0 Å². The van der Waals surface area contributed by atoms with Gasteiger partial charge >= 0.3 is 5.97 Å². The molecular weight excluding hydrogens is 399 g/mol. The van der Waals surface area contributed by atoms with Crippen LogP contribution >= 0.6 is 11.8 Å². The van der Waals surface area contributed by atoms with Crippen LogP contribution in [0.4, 0.5) is 10.1 Å². The first kappa shape index (κ1) is 20.4. The smallest absolute Gasteiger partial charge is 0.340 e. The summed E-state index contributed by atoms with van der Waals surface area (Å²) in [4.78, 5) is 18.1. The van der Waals surface area contributed by atoms with E-state index in [1.807, 2.05) is 6.07 Å². The maximum Gasteiger partial charge on any atom is 0.340 e. The molecule has 3 aromatic rings. The van der Waals surface area contributed by atoms with E-state index in [1.165, 1.54) is 24.3 Å². The second-order valence-electron chi connectivity index (χ2n) is 7.30. The molecule has 0 aliphatic heterocycles. The Hall–Kier alpha value is -2.86. The fraction of sp³-hybridized carbons (Fsp3) is 0.250. The van der Waals surface area contributed by atoms with E-state index in [4.69, 9.17) is 4.74 Å². The summed E-state index contributed by atoms with van der Waals surface area (Å²) in [5.74, 6) is -0.235. The summed E-state index contributed by atoms with van der Waals surface area (Å²) < 4.78 is 18.3. The Morgan fingerprint density at radius 3 is 2.93 bits per heavy atom. The van der Waals surface area contributed by atoms with Gasteiger partial charge in [0.2, 0.25) is 0 Å². The minimum Gasteiger partial charge on any atom is -0.465 e. The maximum atomic E-state index is 13.5. The largest absolute Gasteiger partial charge is 0.465 e. The van der Waals surface area contributed by atoms with Crippen molar-refractivity contribution in [1.29, 1.82) is 0 Å². The molecule has 1 aliphatic carbocycles. The van der Waals surface area contributed by atoms with Crippen molar-refractivity contribution in [2.45, 2.75) is 35.0 Å². The van der Waals surface area contributed by atoms with Crippen LogP contribution in [0.1, 0.15) is 40.2 Å². The highest BCUT2D eigenvalue weighted by Crippen LogP contribution is 2.36. The monoisotopic (exact) mass is 422 g/mol. The first-order valence-electron chi connectivity index (χ1n) is 9.96. The van der Waals surface area contributed by atoms with Gasteiger partial charge in [0, 0.05) is 28.5 Å². The zero-order valence-electron chi connectivity index (χ0n) is 16.7. The van der Waals surface area contributed by atoms with Gasteiger partial charge in [-0.3, -0.25) is 4.98 Å². The molecule has 4 nitrogen and oxygen atoms in total. The van der Waals surface area contributed by atoms with Crippen LogP contribution in [0.5, 0.6) is 0 Å². The number of carbonyl (C=O) groups excluding carboxylic acids is 1. The lowest BCUT2D eigenvalue weighted by atomic mass is 9.83. The van der Waals surface area contributed by atoms with Crippen molar-refractivity contribution in [1.82, 2.24) is 4.98 Å². The molecule has 1 aromatic heterocycles. The van der Waals surface area contributed by atoms with Crippen molar-refractivity contribution in [3.05, 3.63) is 83.4 Å². The lowest BCUT2D eigenvalue weighted by molar-refractivity contribution is 0.0601. The summed E-state index contributed by atoms with van der Waals surface area (Å²) >= 11 is 1.58.